The lowest BCUT2D eigenvalue weighted by atomic mass is 10.2. The van der Waals surface area contributed by atoms with Gasteiger partial charge in [-0.3, -0.25) is 4.99 Å². The Morgan fingerprint density at radius 2 is 1.81 bits per heavy atom. The number of methoxy groups -OCH3 is 2. The number of benzene rings is 1. The third kappa shape index (κ3) is 2.87. The van der Waals surface area contributed by atoms with Gasteiger partial charge < -0.3 is 19.7 Å². The average molecular weight is 225 g/mol. The number of ether oxygens (including phenoxy) is 2. The first-order valence-electron chi connectivity index (χ1n) is 4.78. The molecule has 5 heteroatoms. The van der Waals surface area contributed by atoms with E-state index in [0.29, 0.717) is 18.0 Å². The van der Waals surface area contributed by atoms with E-state index in [4.69, 9.17) is 14.6 Å². The fourth-order valence-electron chi connectivity index (χ4n) is 1.22. The molecule has 0 saturated heterocycles. The highest BCUT2D eigenvalue weighted by Gasteiger charge is 2.09. The van der Waals surface area contributed by atoms with Crippen LogP contribution < -0.4 is 9.47 Å². The molecule has 88 valence electrons. The molecule has 2 N–H and O–H groups in total. The minimum Gasteiger partial charge on any atom is -0.502 e. The molecule has 0 spiro atoms. The molecular weight excluding hydrogens is 210 g/mol. The second-order valence-electron chi connectivity index (χ2n) is 3.03. The Labute approximate surface area is 94.0 Å². The van der Waals surface area contributed by atoms with Crippen LogP contribution in [0.3, 0.4) is 0 Å². The first-order valence-corrected chi connectivity index (χ1v) is 4.78. The van der Waals surface area contributed by atoms with Gasteiger partial charge in [0.25, 0.3) is 0 Å². The van der Waals surface area contributed by atoms with Crippen LogP contribution in [-0.4, -0.2) is 43.8 Å². The summed E-state index contributed by atoms with van der Waals surface area (Å²) in [6, 6.07) is 3.28. The molecule has 0 saturated carbocycles. The van der Waals surface area contributed by atoms with Crippen LogP contribution in [-0.2, 0) is 0 Å². The number of rotatable bonds is 5. The van der Waals surface area contributed by atoms with Crippen molar-refractivity contribution in [1.29, 1.82) is 0 Å². The zero-order chi connectivity index (χ0) is 12.0. The number of aliphatic hydroxyl groups excluding tert-OH is 1. The van der Waals surface area contributed by atoms with Gasteiger partial charge >= 0.3 is 0 Å². The summed E-state index contributed by atoms with van der Waals surface area (Å²) in [6.07, 6.45) is 1.58. The number of phenols is 1. The maximum atomic E-state index is 9.65. The first kappa shape index (κ1) is 12.3. The van der Waals surface area contributed by atoms with E-state index in [1.165, 1.54) is 14.2 Å². The number of aliphatic hydroxyl groups is 1. The highest BCUT2D eigenvalue weighted by atomic mass is 16.5. The second-order valence-corrected chi connectivity index (χ2v) is 3.03. The SMILES string of the molecule is COc1cc(C=NCCO)cc(OC)c1O. The van der Waals surface area contributed by atoms with Gasteiger partial charge in [0.15, 0.2) is 11.5 Å². The normalized spacial score (nSPS) is 10.7. The third-order valence-electron chi connectivity index (χ3n) is 1.97. The number of aromatic hydroxyl groups is 1. The molecule has 0 amide bonds. The summed E-state index contributed by atoms with van der Waals surface area (Å²) in [7, 11) is 2.92. The van der Waals surface area contributed by atoms with E-state index in [2.05, 4.69) is 4.99 Å². The molecule has 0 aromatic heterocycles. The van der Waals surface area contributed by atoms with Gasteiger partial charge in [-0.05, 0) is 17.7 Å². The molecule has 0 fully saturated rings. The van der Waals surface area contributed by atoms with Gasteiger partial charge in [0.05, 0.1) is 27.4 Å². The molecule has 16 heavy (non-hydrogen) atoms. The van der Waals surface area contributed by atoms with Gasteiger partial charge in [0, 0.05) is 6.21 Å². The summed E-state index contributed by atoms with van der Waals surface area (Å²) in [6.45, 7) is 0.342. The smallest absolute Gasteiger partial charge is 0.200 e. The maximum Gasteiger partial charge on any atom is 0.200 e. The van der Waals surface area contributed by atoms with Crippen molar-refractivity contribution in [3.8, 4) is 17.2 Å². The van der Waals surface area contributed by atoms with Crippen LogP contribution in [0.25, 0.3) is 0 Å². The van der Waals surface area contributed by atoms with E-state index < -0.39 is 0 Å². The van der Waals surface area contributed by atoms with Crippen LogP contribution in [0, 0.1) is 0 Å². The predicted octanol–water partition coefficient (Wildman–Crippen LogP) is 0.821. The van der Waals surface area contributed by atoms with Crippen LogP contribution in [0.5, 0.6) is 17.2 Å². The van der Waals surface area contributed by atoms with Crippen molar-refractivity contribution in [1.82, 2.24) is 0 Å². The van der Waals surface area contributed by atoms with Gasteiger partial charge in [-0.2, -0.15) is 0 Å². The van der Waals surface area contributed by atoms with Gasteiger partial charge in [0.1, 0.15) is 0 Å². The van der Waals surface area contributed by atoms with E-state index >= 15 is 0 Å². The van der Waals surface area contributed by atoms with Crippen molar-refractivity contribution in [3.63, 3.8) is 0 Å². The number of hydrogen-bond donors (Lipinski definition) is 2. The van der Waals surface area contributed by atoms with Gasteiger partial charge in [-0.1, -0.05) is 0 Å². The highest BCUT2D eigenvalue weighted by Crippen LogP contribution is 2.36. The Kier molecular flexibility index (Phi) is 4.60. The molecular formula is C11H15NO4. The molecule has 0 atom stereocenters. The molecule has 5 nitrogen and oxygen atoms in total. The van der Waals surface area contributed by atoms with Crippen LogP contribution in [0.2, 0.25) is 0 Å². The van der Waals surface area contributed by atoms with Crippen molar-refractivity contribution < 1.29 is 19.7 Å². The number of aliphatic imine (C=N–C) groups is 1. The summed E-state index contributed by atoms with van der Waals surface area (Å²) in [5, 5.41) is 18.2. The van der Waals surface area contributed by atoms with Crippen molar-refractivity contribution >= 4 is 6.21 Å². The van der Waals surface area contributed by atoms with E-state index in [1.54, 1.807) is 18.3 Å². The molecule has 0 aliphatic rings. The van der Waals surface area contributed by atoms with Crippen molar-refractivity contribution in [2.45, 2.75) is 0 Å². The standard InChI is InChI=1S/C11H15NO4/c1-15-9-5-8(7-12-3-4-13)6-10(16-2)11(9)14/h5-7,13-14H,3-4H2,1-2H3. The Hall–Kier alpha value is -1.75. The molecule has 0 aliphatic heterocycles. The van der Waals surface area contributed by atoms with Gasteiger partial charge in [-0.25, -0.2) is 0 Å². The fourth-order valence-corrected chi connectivity index (χ4v) is 1.22. The summed E-state index contributed by atoms with van der Waals surface area (Å²) in [5.41, 5.74) is 0.736. The Morgan fingerprint density at radius 3 is 2.25 bits per heavy atom. The minimum absolute atomic E-state index is 0.00283. The molecule has 0 unspecified atom stereocenters. The van der Waals surface area contributed by atoms with Gasteiger partial charge in [-0.15, -0.1) is 0 Å². The minimum atomic E-state index is -0.0377. The number of hydrogen-bond acceptors (Lipinski definition) is 5. The summed E-state index contributed by atoms with van der Waals surface area (Å²) < 4.78 is 9.99. The van der Waals surface area contributed by atoms with Crippen LogP contribution in [0.1, 0.15) is 5.56 Å². The summed E-state index contributed by atoms with van der Waals surface area (Å²) in [5.74, 6) is 0.610. The molecule has 0 radical (unpaired) electrons. The first-order chi connectivity index (χ1) is 7.72. The third-order valence-corrected chi connectivity index (χ3v) is 1.97. The zero-order valence-corrected chi connectivity index (χ0v) is 9.30. The van der Waals surface area contributed by atoms with E-state index in [-0.39, 0.29) is 12.4 Å². The summed E-state index contributed by atoms with van der Waals surface area (Å²) in [4.78, 5) is 3.97. The topological polar surface area (TPSA) is 71.3 Å². The number of phenolic OH excluding ortho intramolecular Hbond substituents is 1. The Balaban J connectivity index is 3.02. The molecule has 1 rings (SSSR count). The lowest BCUT2D eigenvalue weighted by molar-refractivity contribution is 0.307. The van der Waals surface area contributed by atoms with Crippen LogP contribution in [0.4, 0.5) is 0 Å². The Bertz CT molecular complexity index is 351. The lowest BCUT2D eigenvalue weighted by Gasteiger charge is -2.09. The number of nitrogens with zero attached hydrogens (tertiary/aromatic N) is 1. The van der Waals surface area contributed by atoms with Crippen LogP contribution in [0.15, 0.2) is 17.1 Å². The van der Waals surface area contributed by atoms with Crippen molar-refractivity contribution in [3.05, 3.63) is 17.7 Å². The van der Waals surface area contributed by atoms with E-state index in [1.807, 2.05) is 0 Å². The molecule has 0 heterocycles. The predicted molar refractivity (Wildman–Crippen MR) is 60.8 cm³/mol. The molecule has 0 aliphatic carbocycles. The van der Waals surface area contributed by atoms with Crippen molar-refractivity contribution in [2.75, 3.05) is 27.4 Å². The summed E-state index contributed by atoms with van der Waals surface area (Å²) >= 11 is 0. The highest BCUT2D eigenvalue weighted by molar-refractivity contribution is 5.82. The molecule has 1 aromatic carbocycles. The second kappa shape index (κ2) is 5.97. The van der Waals surface area contributed by atoms with Crippen LogP contribution >= 0.6 is 0 Å². The quantitative estimate of drug-likeness (QED) is 0.728. The zero-order valence-electron chi connectivity index (χ0n) is 9.30. The van der Waals surface area contributed by atoms with Gasteiger partial charge in [0.2, 0.25) is 5.75 Å². The Morgan fingerprint density at radius 1 is 1.25 bits per heavy atom. The maximum absolute atomic E-state index is 9.65. The lowest BCUT2D eigenvalue weighted by Crippen LogP contribution is -1.93. The van der Waals surface area contributed by atoms with E-state index in [9.17, 15) is 5.11 Å². The molecule has 0 bridgehead atoms. The average Bonchev–Trinajstić information content (AvgIpc) is 2.31. The monoisotopic (exact) mass is 225 g/mol. The fraction of sp³-hybridized carbons (Fsp3) is 0.364. The largest absolute Gasteiger partial charge is 0.502 e. The molecule has 1 aromatic rings. The van der Waals surface area contributed by atoms with Crippen molar-refractivity contribution in [2.24, 2.45) is 4.99 Å². The van der Waals surface area contributed by atoms with E-state index in [0.717, 1.165) is 5.56 Å².